The van der Waals surface area contributed by atoms with Gasteiger partial charge in [0.1, 0.15) is 17.9 Å². The van der Waals surface area contributed by atoms with Gasteiger partial charge in [-0.2, -0.15) is 13.2 Å². The predicted molar refractivity (Wildman–Crippen MR) is 145 cm³/mol. The largest absolute Gasteiger partial charge is 0.488 e. The molecule has 4 amide bonds. The summed E-state index contributed by atoms with van der Waals surface area (Å²) >= 11 is 12.2. The van der Waals surface area contributed by atoms with Crippen LogP contribution < -0.4 is 15.0 Å². The number of rotatable bonds is 5. The number of halogens is 5. The lowest BCUT2D eigenvalue weighted by Gasteiger charge is -2.27. The number of nitrogens with one attached hydrogen (secondary N) is 1. The number of hydrogen-bond donors (Lipinski definition) is 1. The molecule has 202 valence electrons. The van der Waals surface area contributed by atoms with E-state index in [1.807, 2.05) is 47.8 Å². The minimum Gasteiger partial charge on any atom is -0.488 e. The summed E-state index contributed by atoms with van der Waals surface area (Å²) in [7, 11) is 0. The van der Waals surface area contributed by atoms with E-state index in [0.29, 0.717) is 17.0 Å². The van der Waals surface area contributed by atoms with E-state index in [4.69, 9.17) is 27.9 Å². The maximum absolute atomic E-state index is 13.3. The molecule has 0 bridgehead atoms. The molecule has 4 aromatic rings. The first-order chi connectivity index (χ1) is 19.0. The molecule has 0 saturated carbocycles. The summed E-state index contributed by atoms with van der Waals surface area (Å²) in [4.78, 5) is 39.0. The first-order valence-corrected chi connectivity index (χ1v) is 12.5. The normalized spacial score (nSPS) is 15.1. The number of hydrogen-bond acceptors (Lipinski definition) is 4. The molecule has 0 aromatic heterocycles. The summed E-state index contributed by atoms with van der Waals surface area (Å²) in [6.45, 7) is 0.143. The second-order valence-electron chi connectivity index (χ2n) is 8.73. The summed E-state index contributed by atoms with van der Waals surface area (Å²) in [5.74, 6) is -1.95. The van der Waals surface area contributed by atoms with E-state index in [0.717, 1.165) is 28.5 Å². The van der Waals surface area contributed by atoms with Crippen LogP contribution in [-0.2, 0) is 22.4 Å². The van der Waals surface area contributed by atoms with Crippen LogP contribution in [-0.4, -0.2) is 17.8 Å². The summed E-state index contributed by atoms with van der Waals surface area (Å²) in [5, 5.41) is 3.94. The van der Waals surface area contributed by atoms with Gasteiger partial charge in [0.25, 0.3) is 11.8 Å². The number of benzene rings is 4. The Morgan fingerprint density at radius 3 is 2.42 bits per heavy atom. The molecule has 5 rings (SSSR count). The maximum atomic E-state index is 13.3. The number of ether oxygens (including phenoxy) is 1. The number of fused-ring (bicyclic) bond motifs is 1. The van der Waals surface area contributed by atoms with E-state index in [1.165, 1.54) is 6.07 Å². The lowest BCUT2D eigenvalue weighted by Crippen LogP contribution is -2.54. The Bertz CT molecular complexity index is 1710. The zero-order chi connectivity index (χ0) is 28.6. The SMILES string of the molecule is O=C1NC(=O)N(c2cc(C(F)(F)F)ccc2Cl)C(=O)/C1=C\c1cc(Cl)ccc1OCc1cccc2ccccc12. The molecule has 0 spiro atoms. The number of alkyl halides is 3. The van der Waals surface area contributed by atoms with Gasteiger partial charge in [-0.05, 0) is 58.8 Å². The van der Waals surface area contributed by atoms with Gasteiger partial charge >= 0.3 is 12.2 Å². The summed E-state index contributed by atoms with van der Waals surface area (Å²) < 4.78 is 46.0. The average molecular weight is 585 g/mol. The minimum atomic E-state index is -4.76. The van der Waals surface area contributed by atoms with E-state index < -0.39 is 40.8 Å². The highest BCUT2D eigenvalue weighted by atomic mass is 35.5. The van der Waals surface area contributed by atoms with Crippen LogP contribution in [0.5, 0.6) is 5.75 Å². The molecule has 4 aromatic carbocycles. The Kier molecular flexibility index (Phi) is 7.27. The van der Waals surface area contributed by atoms with Crippen molar-refractivity contribution in [2.45, 2.75) is 12.8 Å². The van der Waals surface area contributed by atoms with Gasteiger partial charge in [0.05, 0.1) is 16.3 Å². The van der Waals surface area contributed by atoms with Crippen LogP contribution in [0, 0.1) is 0 Å². The minimum absolute atomic E-state index is 0.143. The molecule has 6 nitrogen and oxygen atoms in total. The van der Waals surface area contributed by atoms with Crippen molar-refractivity contribution in [2.24, 2.45) is 0 Å². The summed E-state index contributed by atoms with van der Waals surface area (Å²) in [5.41, 5.74) is -1.08. The van der Waals surface area contributed by atoms with Gasteiger partial charge in [0.15, 0.2) is 0 Å². The quantitative estimate of drug-likeness (QED) is 0.196. The van der Waals surface area contributed by atoms with Crippen molar-refractivity contribution in [1.29, 1.82) is 0 Å². The Hall–Kier alpha value is -4.34. The topological polar surface area (TPSA) is 75.7 Å². The molecule has 0 atom stereocenters. The second kappa shape index (κ2) is 10.7. The lowest BCUT2D eigenvalue weighted by atomic mass is 10.0. The summed E-state index contributed by atoms with van der Waals surface area (Å²) in [6.07, 6.45) is -3.61. The van der Waals surface area contributed by atoms with Crippen LogP contribution in [0.3, 0.4) is 0 Å². The molecule has 0 aliphatic carbocycles. The van der Waals surface area contributed by atoms with Crippen molar-refractivity contribution < 1.29 is 32.3 Å². The number of imide groups is 2. The third-order valence-corrected chi connectivity index (χ3v) is 6.71. The molecular weight excluding hydrogens is 568 g/mol. The Morgan fingerprint density at radius 2 is 1.65 bits per heavy atom. The highest BCUT2D eigenvalue weighted by Crippen LogP contribution is 2.37. The molecule has 0 unspecified atom stereocenters. The highest BCUT2D eigenvalue weighted by molar-refractivity contribution is 6.42. The van der Waals surface area contributed by atoms with E-state index in [9.17, 15) is 27.6 Å². The third kappa shape index (κ3) is 5.38. The van der Waals surface area contributed by atoms with E-state index in [1.54, 1.807) is 12.1 Å². The molecule has 1 heterocycles. The Labute approximate surface area is 235 Å². The van der Waals surface area contributed by atoms with Crippen molar-refractivity contribution >= 4 is 63.6 Å². The van der Waals surface area contributed by atoms with Crippen molar-refractivity contribution in [3.63, 3.8) is 0 Å². The van der Waals surface area contributed by atoms with Crippen LogP contribution >= 0.6 is 23.2 Å². The number of anilines is 1. The van der Waals surface area contributed by atoms with Crippen LogP contribution in [0.2, 0.25) is 10.0 Å². The molecule has 1 N–H and O–H groups in total. The second-order valence-corrected chi connectivity index (χ2v) is 9.57. The fourth-order valence-corrected chi connectivity index (χ4v) is 4.61. The monoisotopic (exact) mass is 584 g/mol. The Morgan fingerprint density at radius 1 is 0.900 bits per heavy atom. The first-order valence-electron chi connectivity index (χ1n) is 11.7. The number of amides is 4. The molecule has 1 aliphatic rings. The van der Waals surface area contributed by atoms with Crippen molar-refractivity contribution in [3.8, 4) is 5.75 Å². The van der Waals surface area contributed by atoms with E-state index >= 15 is 0 Å². The van der Waals surface area contributed by atoms with Gasteiger partial charge in [-0.1, -0.05) is 65.7 Å². The van der Waals surface area contributed by atoms with Gasteiger partial charge in [0, 0.05) is 10.6 Å². The van der Waals surface area contributed by atoms with E-state index in [-0.39, 0.29) is 28.0 Å². The molecule has 1 fully saturated rings. The van der Waals surface area contributed by atoms with Gasteiger partial charge in [0.2, 0.25) is 0 Å². The average Bonchev–Trinajstić information content (AvgIpc) is 2.91. The molecule has 11 heteroatoms. The molecule has 1 aliphatic heterocycles. The van der Waals surface area contributed by atoms with Crippen molar-refractivity contribution in [3.05, 3.63) is 111 Å². The molecule has 40 heavy (non-hydrogen) atoms. The van der Waals surface area contributed by atoms with Crippen molar-refractivity contribution in [2.75, 3.05) is 4.90 Å². The lowest BCUT2D eigenvalue weighted by molar-refractivity contribution is -0.137. The number of barbiturate groups is 1. The van der Waals surface area contributed by atoms with Crippen LogP contribution in [0.25, 0.3) is 16.8 Å². The van der Waals surface area contributed by atoms with Gasteiger partial charge in [-0.25, -0.2) is 9.69 Å². The van der Waals surface area contributed by atoms with Gasteiger partial charge < -0.3 is 4.74 Å². The van der Waals surface area contributed by atoms with Crippen LogP contribution in [0.1, 0.15) is 16.7 Å². The summed E-state index contributed by atoms with van der Waals surface area (Å²) in [6, 6.07) is 19.0. The predicted octanol–water partition coefficient (Wildman–Crippen LogP) is 7.41. The standard InChI is InChI=1S/C29H17Cl2F3N2O4/c30-20-9-11-25(40-15-17-6-3-5-16-4-1-2-7-21(16)17)18(12-20)13-22-26(37)35-28(39)36(27(22)38)24-14-19(29(32,33)34)8-10-23(24)31/h1-14H,15H2,(H,35,37,39)/b22-13-. The number of urea groups is 1. The zero-order valence-electron chi connectivity index (χ0n) is 20.3. The fourth-order valence-electron chi connectivity index (χ4n) is 4.23. The number of nitrogens with zero attached hydrogens (tertiary/aromatic N) is 1. The Balaban J connectivity index is 1.51. The van der Waals surface area contributed by atoms with Crippen molar-refractivity contribution in [1.82, 2.24) is 5.32 Å². The number of carbonyl (C=O) groups excluding carboxylic acids is 3. The molecule has 1 saturated heterocycles. The zero-order valence-corrected chi connectivity index (χ0v) is 21.8. The van der Waals surface area contributed by atoms with Crippen LogP contribution in [0.15, 0.2) is 84.4 Å². The number of carbonyl (C=O) groups is 3. The van der Waals surface area contributed by atoms with Crippen LogP contribution in [0.4, 0.5) is 23.7 Å². The van der Waals surface area contributed by atoms with E-state index in [2.05, 4.69) is 0 Å². The first kappa shape index (κ1) is 27.2. The van der Waals surface area contributed by atoms with Gasteiger partial charge in [-0.3, -0.25) is 14.9 Å². The smallest absolute Gasteiger partial charge is 0.416 e. The maximum Gasteiger partial charge on any atom is 0.416 e. The highest BCUT2D eigenvalue weighted by Gasteiger charge is 2.39. The molecular formula is C29H17Cl2F3N2O4. The fraction of sp³-hybridized carbons (Fsp3) is 0.0690. The van der Waals surface area contributed by atoms with Gasteiger partial charge in [-0.15, -0.1) is 0 Å². The third-order valence-electron chi connectivity index (χ3n) is 6.15. The molecule has 0 radical (unpaired) electrons.